The third-order valence-corrected chi connectivity index (χ3v) is 4.14. The summed E-state index contributed by atoms with van der Waals surface area (Å²) in [5, 5.41) is 8.75. The number of aliphatic hydroxyl groups is 1. The molecular formula is C15H21NO3S. The molecule has 5 heteroatoms. The van der Waals surface area contributed by atoms with Crippen LogP contribution in [0.2, 0.25) is 0 Å². The number of rotatable bonds is 3. The first-order valence-corrected chi connectivity index (χ1v) is 7.99. The fraction of sp³-hybridized carbons (Fsp3) is 0.467. The van der Waals surface area contributed by atoms with Gasteiger partial charge in [0.25, 0.3) is 0 Å². The maximum atomic E-state index is 12.1. The van der Waals surface area contributed by atoms with E-state index in [4.69, 9.17) is 5.11 Å². The SMILES string of the molecule is Cc1ccc(C#CCO)c(NS(=O)(=O)CC(C)(C)C)c1. The smallest absolute Gasteiger partial charge is 0.233 e. The molecule has 0 saturated carbocycles. The first-order chi connectivity index (χ1) is 9.13. The minimum Gasteiger partial charge on any atom is -0.384 e. The monoisotopic (exact) mass is 295 g/mol. The van der Waals surface area contributed by atoms with E-state index >= 15 is 0 Å². The van der Waals surface area contributed by atoms with Crippen LogP contribution in [0.25, 0.3) is 0 Å². The van der Waals surface area contributed by atoms with Gasteiger partial charge in [-0.3, -0.25) is 4.72 Å². The summed E-state index contributed by atoms with van der Waals surface area (Å²) in [6.45, 7) is 7.23. The average Bonchev–Trinajstić information content (AvgIpc) is 2.24. The van der Waals surface area contributed by atoms with Crippen molar-refractivity contribution in [2.75, 3.05) is 17.1 Å². The molecule has 1 aromatic rings. The minimum atomic E-state index is -3.44. The summed E-state index contributed by atoms with van der Waals surface area (Å²) in [5.74, 6) is 5.31. The molecule has 4 nitrogen and oxygen atoms in total. The van der Waals surface area contributed by atoms with E-state index in [0.717, 1.165) is 5.56 Å². The Morgan fingerprint density at radius 2 is 1.95 bits per heavy atom. The van der Waals surface area contributed by atoms with E-state index in [1.165, 1.54) is 0 Å². The molecule has 110 valence electrons. The number of sulfonamides is 1. The van der Waals surface area contributed by atoms with Gasteiger partial charge in [-0.05, 0) is 30.0 Å². The minimum absolute atomic E-state index is 0.0286. The number of hydrogen-bond donors (Lipinski definition) is 2. The first-order valence-electron chi connectivity index (χ1n) is 6.34. The van der Waals surface area contributed by atoms with Gasteiger partial charge in [-0.2, -0.15) is 0 Å². The molecule has 1 aromatic carbocycles. The Morgan fingerprint density at radius 3 is 2.50 bits per heavy atom. The predicted molar refractivity (Wildman–Crippen MR) is 82.0 cm³/mol. The van der Waals surface area contributed by atoms with Crippen molar-refractivity contribution in [3.8, 4) is 11.8 Å². The Kier molecular flexibility index (Phi) is 5.21. The van der Waals surface area contributed by atoms with E-state index in [9.17, 15) is 8.42 Å². The normalized spacial score (nSPS) is 11.7. The van der Waals surface area contributed by atoms with E-state index in [1.807, 2.05) is 33.8 Å². The van der Waals surface area contributed by atoms with Gasteiger partial charge in [-0.25, -0.2) is 8.42 Å². The highest BCUT2D eigenvalue weighted by atomic mass is 32.2. The number of nitrogens with one attached hydrogen (secondary N) is 1. The molecule has 0 atom stereocenters. The molecule has 0 aromatic heterocycles. The molecule has 1 rings (SSSR count). The fourth-order valence-electron chi connectivity index (χ4n) is 1.76. The lowest BCUT2D eigenvalue weighted by Crippen LogP contribution is -2.26. The molecule has 0 spiro atoms. The highest BCUT2D eigenvalue weighted by molar-refractivity contribution is 7.92. The largest absolute Gasteiger partial charge is 0.384 e. The van der Waals surface area contributed by atoms with Gasteiger partial charge >= 0.3 is 0 Å². The van der Waals surface area contributed by atoms with Gasteiger partial charge in [-0.15, -0.1) is 0 Å². The number of anilines is 1. The van der Waals surface area contributed by atoms with E-state index < -0.39 is 10.0 Å². The Hall–Kier alpha value is -1.51. The van der Waals surface area contributed by atoms with Crippen LogP contribution in [0.15, 0.2) is 18.2 Å². The van der Waals surface area contributed by atoms with Crippen molar-refractivity contribution in [3.63, 3.8) is 0 Å². The first kappa shape index (κ1) is 16.5. The molecule has 0 bridgehead atoms. The molecule has 0 heterocycles. The average molecular weight is 295 g/mol. The van der Waals surface area contributed by atoms with Crippen molar-refractivity contribution in [3.05, 3.63) is 29.3 Å². The maximum absolute atomic E-state index is 12.1. The lowest BCUT2D eigenvalue weighted by molar-refractivity contribution is 0.350. The lowest BCUT2D eigenvalue weighted by Gasteiger charge is -2.19. The van der Waals surface area contributed by atoms with Gasteiger partial charge in [0.1, 0.15) is 6.61 Å². The van der Waals surface area contributed by atoms with Crippen LogP contribution in [0, 0.1) is 24.2 Å². The van der Waals surface area contributed by atoms with Crippen molar-refractivity contribution in [1.29, 1.82) is 0 Å². The third-order valence-electron chi connectivity index (χ3n) is 2.37. The molecule has 2 N–H and O–H groups in total. The van der Waals surface area contributed by atoms with Crippen LogP contribution < -0.4 is 4.72 Å². The second-order valence-electron chi connectivity index (χ2n) is 5.93. The highest BCUT2D eigenvalue weighted by Gasteiger charge is 2.22. The molecule has 0 radical (unpaired) electrons. The molecule has 0 fully saturated rings. The second-order valence-corrected chi connectivity index (χ2v) is 7.65. The molecular weight excluding hydrogens is 274 g/mol. The van der Waals surface area contributed by atoms with E-state index in [-0.39, 0.29) is 17.8 Å². The molecule has 0 saturated heterocycles. The van der Waals surface area contributed by atoms with Gasteiger partial charge in [0.15, 0.2) is 0 Å². The van der Waals surface area contributed by atoms with Gasteiger partial charge in [0, 0.05) is 5.56 Å². The fourth-order valence-corrected chi connectivity index (χ4v) is 3.48. The van der Waals surface area contributed by atoms with Crippen molar-refractivity contribution < 1.29 is 13.5 Å². The number of aliphatic hydroxyl groups excluding tert-OH is 1. The zero-order valence-corrected chi connectivity index (χ0v) is 13.1. The summed E-state index contributed by atoms with van der Waals surface area (Å²) < 4.78 is 26.9. The van der Waals surface area contributed by atoms with Crippen LogP contribution in [-0.2, 0) is 10.0 Å². The molecule has 20 heavy (non-hydrogen) atoms. The van der Waals surface area contributed by atoms with Crippen molar-refractivity contribution in [1.82, 2.24) is 0 Å². The van der Waals surface area contributed by atoms with Crippen LogP contribution in [0.4, 0.5) is 5.69 Å². The van der Waals surface area contributed by atoms with Crippen LogP contribution in [-0.4, -0.2) is 25.9 Å². The Labute approximate surface area is 121 Å². The maximum Gasteiger partial charge on any atom is 0.233 e. The molecule has 0 unspecified atom stereocenters. The molecule has 0 aliphatic rings. The Morgan fingerprint density at radius 1 is 1.30 bits per heavy atom. The molecule has 0 amide bonds. The number of hydrogen-bond acceptors (Lipinski definition) is 3. The summed E-state index contributed by atoms with van der Waals surface area (Å²) in [5.41, 5.74) is 1.62. The number of benzene rings is 1. The summed E-state index contributed by atoms with van der Waals surface area (Å²) in [6, 6.07) is 5.33. The van der Waals surface area contributed by atoms with Crippen molar-refractivity contribution in [2.24, 2.45) is 5.41 Å². The lowest BCUT2D eigenvalue weighted by atomic mass is 10.0. The van der Waals surface area contributed by atoms with Gasteiger partial charge in [0.05, 0.1) is 11.4 Å². The number of aryl methyl sites for hydroxylation is 1. The second kappa shape index (κ2) is 6.29. The zero-order chi connectivity index (χ0) is 15.4. The standard InChI is InChI=1S/C15H21NO3S/c1-12-7-8-13(6-5-9-17)14(10-12)16-20(18,19)11-15(2,3)4/h7-8,10,16-17H,9,11H2,1-4H3. The predicted octanol–water partition coefficient (Wildman–Crippen LogP) is 2.13. The third kappa shape index (κ3) is 5.64. The molecule has 0 aliphatic heterocycles. The Bertz CT molecular complexity index is 631. The van der Waals surface area contributed by atoms with Gasteiger partial charge in [-0.1, -0.05) is 38.7 Å². The summed E-state index contributed by atoms with van der Waals surface area (Å²) >= 11 is 0. The van der Waals surface area contributed by atoms with Crippen molar-refractivity contribution in [2.45, 2.75) is 27.7 Å². The topological polar surface area (TPSA) is 66.4 Å². The van der Waals surface area contributed by atoms with Crippen molar-refractivity contribution >= 4 is 15.7 Å². The van der Waals surface area contributed by atoms with E-state index in [1.54, 1.807) is 12.1 Å². The van der Waals surface area contributed by atoms with E-state index in [2.05, 4.69) is 16.6 Å². The van der Waals surface area contributed by atoms with E-state index in [0.29, 0.717) is 11.3 Å². The summed E-state index contributed by atoms with van der Waals surface area (Å²) in [6.07, 6.45) is 0. The van der Waals surface area contributed by atoms with Crippen LogP contribution in [0.3, 0.4) is 0 Å². The van der Waals surface area contributed by atoms with Crippen LogP contribution in [0.1, 0.15) is 31.9 Å². The Balaban J connectivity index is 3.11. The van der Waals surface area contributed by atoms with Crippen LogP contribution >= 0.6 is 0 Å². The summed E-state index contributed by atoms with van der Waals surface area (Å²) in [4.78, 5) is 0. The highest BCUT2D eigenvalue weighted by Crippen LogP contribution is 2.22. The van der Waals surface area contributed by atoms with Gasteiger partial charge in [0.2, 0.25) is 10.0 Å². The summed E-state index contributed by atoms with van der Waals surface area (Å²) in [7, 11) is -3.44. The zero-order valence-electron chi connectivity index (χ0n) is 12.3. The van der Waals surface area contributed by atoms with Gasteiger partial charge < -0.3 is 5.11 Å². The van der Waals surface area contributed by atoms with Crippen LogP contribution in [0.5, 0.6) is 0 Å². The quantitative estimate of drug-likeness (QED) is 0.840. The molecule has 0 aliphatic carbocycles.